The Kier molecular flexibility index (Phi) is 3.29. The lowest BCUT2D eigenvalue weighted by Crippen LogP contribution is -2.11. The van der Waals surface area contributed by atoms with Crippen molar-refractivity contribution in [2.75, 3.05) is 5.73 Å². The Hall–Kier alpha value is -2.30. The number of nitrogen functional groups attached to an aromatic ring is 1. The quantitative estimate of drug-likeness (QED) is 0.784. The molecule has 2 rings (SSSR count). The summed E-state index contributed by atoms with van der Waals surface area (Å²) in [6.07, 6.45) is 0. The van der Waals surface area contributed by atoms with E-state index >= 15 is 0 Å². The van der Waals surface area contributed by atoms with Gasteiger partial charge in [-0.25, -0.2) is 4.79 Å². The van der Waals surface area contributed by atoms with Crippen molar-refractivity contribution in [2.24, 2.45) is 0 Å². The van der Waals surface area contributed by atoms with Gasteiger partial charge in [0, 0.05) is 0 Å². The summed E-state index contributed by atoms with van der Waals surface area (Å²) in [6, 6.07) is 5.97. The average Bonchev–Trinajstić information content (AvgIpc) is 2.70. The first-order valence-electron chi connectivity index (χ1n) is 6.40. The monoisotopic (exact) mass is 273 g/mol. The second-order valence-corrected chi connectivity index (χ2v) is 5.94. The van der Waals surface area contributed by atoms with E-state index < -0.39 is 5.97 Å². The van der Waals surface area contributed by atoms with Crippen molar-refractivity contribution in [1.82, 2.24) is 10.2 Å². The Balaban J connectivity index is 2.60. The van der Waals surface area contributed by atoms with Crippen LogP contribution in [0.25, 0.3) is 11.1 Å². The van der Waals surface area contributed by atoms with Crippen LogP contribution in [0.4, 0.5) is 5.82 Å². The first-order valence-corrected chi connectivity index (χ1v) is 6.40. The number of aromatic nitrogens is 2. The van der Waals surface area contributed by atoms with E-state index in [1.54, 1.807) is 0 Å². The molecule has 0 fully saturated rings. The molecule has 0 saturated carbocycles. The lowest BCUT2D eigenvalue weighted by atomic mass is 9.84. The molecule has 0 aliphatic heterocycles. The molecule has 0 bridgehead atoms. The zero-order valence-electron chi connectivity index (χ0n) is 12.1. The van der Waals surface area contributed by atoms with Gasteiger partial charge in [-0.3, -0.25) is 5.10 Å². The smallest absolute Gasteiger partial charge is 0.354 e. The van der Waals surface area contributed by atoms with Gasteiger partial charge in [-0.2, -0.15) is 5.10 Å². The Morgan fingerprint density at radius 1 is 1.35 bits per heavy atom. The number of H-pyrrole nitrogens is 1. The molecule has 0 saturated heterocycles. The predicted octanol–water partition coefficient (Wildman–Crippen LogP) is 2.96. The number of carboxylic acid groups (broad SMARTS) is 1. The third kappa shape index (κ3) is 2.39. The maximum absolute atomic E-state index is 11.2. The maximum atomic E-state index is 11.2. The summed E-state index contributed by atoms with van der Waals surface area (Å²) in [5.74, 6) is -0.863. The normalized spacial score (nSPS) is 11.6. The molecule has 0 amide bonds. The van der Waals surface area contributed by atoms with Gasteiger partial charge in [-0.1, -0.05) is 39.0 Å². The molecule has 106 valence electrons. The van der Waals surface area contributed by atoms with Crippen molar-refractivity contribution < 1.29 is 9.90 Å². The third-order valence-corrected chi connectivity index (χ3v) is 3.37. The number of rotatable bonds is 2. The second-order valence-electron chi connectivity index (χ2n) is 5.94. The van der Waals surface area contributed by atoms with E-state index in [2.05, 4.69) is 37.0 Å². The Labute approximate surface area is 117 Å². The first kappa shape index (κ1) is 14.1. The molecule has 0 aliphatic rings. The van der Waals surface area contributed by atoms with Crippen LogP contribution in [0.1, 0.15) is 42.4 Å². The van der Waals surface area contributed by atoms with E-state index in [0.29, 0.717) is 5.56 Å². The fourth-order valence-corrected chi connectivity index (χ4v) is 2.19. The van der Waals surface area contributed by atoms with Gasteiger partial charge >= 0.3 is 5.97 Å². The predicted molar refractivity (Wildman–Crippen MR) is 78.8 cm³/mol. The van der Waals surface area contributed by atoms with E-state index in [1.165, 1.54) is 5.56 Å². The van der Waals surface area contributed by atoms with Gasteiger partial charge in [0.15, 0.2) is 11.5 Å². The lowest BCUT2D eigenvalue weighted by Gasteiger charge is -2.20. The zero-order chi connectivity index (χ0) is 15.1. The van der Waals surface area contributed by atoms with Crippen LogP contribution in [0.2, 0.25) is 0 Å². The average molecular weight is 273 g/mol. The molecular weight excluding hydrogens is 254 g/mol. The molecule has 2 aromatic rings. The van der Waals surface area contributed by atoms with Gasteiger partial charge in [-0.05, 0) is 29.0 Å². The molecule has 0 radical (unpaired) electrons. The van der Waals surface area contributed by atoms with Gasteiger partial charge in [0.1, 0.15) is 0 Å². The van der Waals surface area contributed by atoms with Crippen molar-refractivity contribution in [3.63, 3.8) is 0 Å². The maximum Gasteiger partial charge on any atom is 0.354 e. The second kappa shape index (κ2) is 4.67. The summed E-state index contributed by atoms with van der Waals surface area (Å²) in [4.78, 5) is 11.2. The topological polar surface area (TPSA) is 92.0 Å². The standard InChI is InChI=1S/C15H19N3O2/c1-8-7-9(15(2,3)4)5-6-10(8)11-12(14(19)20)17-18-13(11)16/h5-7H,1-4H3,(H,19,20)(H3,16,17,18). The van der Waals surface area contributed by atoms with Crippen molar-refractivity contribution in [3.05, 3.63) is 35.0 Å². The molecule has 20 heavy (non-hydrogen) atoms. The molecule has 0 atom stereocenters. The highest BCUT2D eigenvalue weighted by Gasteiger charge is 2.21. The van der Waals surface area contributed by atoms with Gasteiger partial charge in [0.25, 0.3) is 0 Å². The van der Waals surface area contributed by atoms with Gasteiger partial charge in [-0.15, -0.1) is 0 Å². The molecule has 0 aliphatic carbocycles. The number of carbonyl (C=O) groups is 1. The number of hydrogen-bond acceptors (Lipinski definition) is 3. The lowest BCUT2D eigenvalue weighted by molar-refractivity contribution is 0.0691. The SMILES string of the molecule is Cc1cc(C(C)(C)C)ccc1-c1c(N)n[nH]c1C(=O)O. The van der Waals surface area contributed by atoms with Gasteiger partial charge in [0.05, 0.1) is 5.56 Å². The van der Waals surface area contributed by atoms with E-state index in [9.17, 15) is 9.90 Å². The number of carboxylic acids is 1. The van der Waals surface area contributed by atoms with E-state index in [4.69, 9.17) is 5.73 Å². The Morgan fingerprint density at radius 3 is 2.50 bits per heavy atom. The fraction of sp³-hybridized carbons (Fsp3) is 0.333. The summed E-state index contributed by atoms with van der Waals surface area (Å²) in [5.41, 5.74) is 9.28. The molecule has 0 unspecified atom stereocenters. The summed E-state index contributed by atoms with van der Waals surface area (Å²) < 4.78 is 0. The summed E-state index contributed by atoms with van der Waals surface area (Å²) in [5, 5.41) is 15.5. The third-order valence-electron chi connectivity index (χ3n) is 3.37. The molecule has 5 heteroatoms. The molecule has 1 aromatic heterocycles. The van der Waals surface area contributed by atoms with Crippen molar-refractivity contribution in [1.29, 1.82) is 0 Å². The van der Waals surface area contributed by atoms with Crippen molar-refractivity contribution >= 4 is 11.8 Å². The van der Waals surface area contributed by atoms with E-state index in [0.717, 1.165) is 11.1 Å². The largest absolute Gasteiger partial charge is 0.477 e. The number of aryl methyl sites for hydroxylation is 1. The number of aromatic amines is 1. The first-order chi connectivity index (χ1) is 9.21. The number of hydrogen-bond donors (Lipinski definition) is 3. The molecule has 1 heterocycles. The molecule has 1 aromatic carbocycles. The number of aromatic carboxylic acids is 1. The highest BCUT2D eigenvalue weighted by atomic mass is 16.4. The fourth-order valence-electron chi connectivity index (χ4n) is 2.19. The number of anilines is 1. The summed E-state index contributed by atoms with van der Waals surface area (Å²) in [6.45, 7) is 8.35. The number of nitrogens with one attached hydrogen (secondary N) is 1. The van der Waals surface area contributed by atoms with Crippen LogP contribution < -0.4 is 5.73 Å². The van der Waals surface area contributed by atoms with Gasteiger partial charge in [0.2, 0.25) is 0 Å². The minimum absolute atomic E-state index is 0.0223. The van der Waals surface area contributed by atoms with Crippen LogP contribution in [0.3, 0.4) is 0 Å². The minimum Gasteiger partial charge on any atom is -0.477 e. The number of nitrogens with two attached hydrogens (primary N) is 1. The van der Waals surface area contributed by atoms with Crippen molar-refractivity contribution in [3.8, 4) is 11.1 Å². The van der Waals surface area contributed by atoms with Crippen LogP contribution >= 0.6 is 0 Å². The molecule has 5 nitrogen and oxygen atoms in total. The highest BCUT2D eigenvalue weighted by molar-refractivity contribution is 5.97. The van der Waals surface area contributed by atoms with Crippen LogP contribution in [-0.2, 0) is 5.41 Å². The Morgan fingerprint density at radius 2 is 2.00 bits per heavy atom. The van der Waals surface area contributed by atoms with Crippen molar-refractivity contribution in [2.45, 2.75) is 33.1 Å². The number of benzene rings is 1. The summed E-state index contributed by atoms with van der Waals surface area (Å²) in [7, 11) is 0. The number of nitrogens with zero attached hydrogens (tertiary/aromatic N) is 1. The van der Waals surface area contributed by atoms with Crippen LogP contribution in [0.15, 0.2) is 18.2 Å². The van der Waals surface area contributed by atoms with E-state index in [1.807, 2.05) is 19.1 Å². The van der Waals surface area contributed by atoms with Crippen LogP contribution in [-0.4, -0.2) is 21.3 Å². The zero-order valence-corrected chi connectivity index (χ0v) is 12.1. The molecular formula is C15H19N3O2. The highest BCUT2D eigenvalue weighted by Crippen LogP contribution is 2.33. The van der Waals surface area contributed by atoms with Crippen LogP contribution in [0.5, 0.6) is 0 Å². The van der Waals surface area contributed by atoms with E-state index in [-0.39, 0.29) is 16.9 Å². The minimum atomic E-state index is -1.07. The molecule has 0 spiro atoms. The molecule has 4 N–H and O–H groups in total. The van der Waals surface area contributed by atoms with Gasteiger partial charge < -0.3 is 10.8 Å². The van der Waals surface area contributed by atoms with Crippen LogP contribution in [0, 0.1) is 6.92 Å². The Bertz CT molecular complexity index is 666. The summed E-state index contributed by atoms with van der Waals surface area (Å²) >= 11 is 0.